The van der Waals surface area contributed by atoms with Gasteiger partial charge in [-0.1, -0.05) is 0 Å². The molecule has 1 aromatic heterocycles. The molecule has 0 saturated heterocycles. The van der Waals surface area contributed by atoms with Crippen LogP contribution < -0.4 is 5.56 Å². The molecule has 70 valence electrons. The molecule has 0 bridgehead atoms. The summed E-state index contributed by atoms with van der Waals surface area (Å²) in [6.45, 7) is 2.17. The van der Waals surface area contributed by atoms with Crippen LogP contribution in [0.1, 0.15) is 26.2 Å². The van der Waals surface area contributed by atoms with Crippen LogP contribution in [-0.4, -0.2) is 9.55 Å². The van der Waals surface area contributed by atoms with E-state index >= 15 is 0 Å². The Labute approximate surface area is 81.4 Å². The van der Waals surface area contributed by atoms with Gasteiger partial charge in [0.1, 0.15) is 0 Å². The zero-order valence-electron chi connectivity index (χ0n) is 7.54. The molecule has 1 aliphatic carbocycles. The molecule has 0 unspecified atom stereocenters. The van der Waals surface area contributed by atoms with E-state index in [4.69, 9.17) is 12.2 Å². The van der Waals surface area contributed by atoms with Crippen LogP contribution in [0.5, 0.6) is 0 Å². The lowest BCUT2D eigenvalue weighted by Gasteiger charge is -2.40. The van der Waals surface area contributed by atoms with E-state index < -0.39 is 0 Å². The van der Waals surface area contributed by atoms with Gasteiger partial charge in [0.15, 0.2) is 4.77 Å². The monoisotopic (exact) mass is 196 g/mol. The van der Waals surface area contributed by atoms with Gasteiger partial charge in [-0.05, 0) is 38.4 Å². The van der Waals surface area contributed by atoms with Crippen LogP contribution in [0, 0.1) is 4.77 Å². The van der Waals surface area contributed by atoms with Crippen molar-refractivity contribution in [2.75, 3.05) is 0 Å². The highest BCUT2D eigenvalue weighted by molar-refractivity contribution is 7.71. The standard InChI is InChI=1S/C9H12N2OS/c1-9(4-2-5-9)11-6-3-7(12)10-8(11)13/h3,6H,2,4-5H2,1H3,(H,10,12,13). The minimum atomic E-state index is -0.121. The number of aromatic amines is 1. The summed E-state index contributed by atoms with van der Waals surface area (Å²) in [5.74, 6) is 0. The Bertz CT molecular complexity index is 428. The number of nitrogens with one attached hydrogen (secondary N) is 1. The van der Waals surface area contributed by atoms with Crippen molar-refractivity contribution in [2.45, 2.75) is 31.7 Å². The quantitative estimate of drug-likeness (QED) is 0.695. The summed E-state index contributed by atoms with van der Waals surface area (Å²) in [7, 11) is 0. The third-order valence-corrected chi connectivity index (χ3v) is 3.13. The number of aromatic nitrogens is 2. The maximum atomic E-state index is 10.9. The van der Waals surface area contributed by atoms with Gasteiger partial charge in [-0.2, -0.15) is 0 Å². The maximum Gasteiger partial charge on any atom is 0.251 e. The van der Waals surface area contributed by atoms with Crippen LogP contribution in [0.2, 0.25) is 0 Å². The molecule has 4 heteroatoms. The molecule has 2 rings (SSSR count). The molecule has 13 heavy (non-hydrogen) atoms. The molecule has 3 nitrogen and oxygen atoms in total. The van der Waals surface area contributed by atoms with E-state index in [-0.39, 0.29) is 11.1 Å². The summed E-state index contributed by atoms with van der Waals surface area (Å²) in [6, 6.07) is 1.53. The second-order valence-electron chi connectivity index (χ2n) is 3.83. The summed E-state index contributed by atoms with van der Waals surface area (Å²) < 4.78 is 2.53. The number of rotatable bonds is 1. The minimum absolute atomic E-state index is 0.121. The molecule has 1 N–H and O–H groups in total. The van der Waals surface area contributed by atoms with Gasteiger partial charge in [0.2, 0.25) is 0 Å². The Balaban J connectivity index is 2.52. The van der Waals surface area contributed by atoms with Crippen molar-refractivity contribution in [2.24, 2.45) is 0 Å². The molecule has 1 heterocycles. The molecular weight excluding hydrogens is 184 g/mol. The lowest BCUT2D eigenvalue weighted by atomic mass is 9.78. The smallest absolute Gasteiger partial charge is 0.251 e. The fraction of sp³-hybridized carbons (Fsp3) is 0.556. The zero-order chi connectivity index (χ0) is 9.47. The van der Waals surface area contributed by atoms with Crippen LogP contribution >= 0.6 is 12.2 Å². The number of H-pyrrole nitrogens is 1. The van der Waals surface area contributed by atoms with Crippen molar-refractivity contribution < 1.29 is 0 Å². The average molecular weight is 196 g/mol. The summed E-state index contributed by atoms with van der Waals surface area (Å²) in [6.07, 6.45) is 5.33. The van der Waals surface area contributed by atoms with Gasteiger partial charge in [-0.25, -0.2) is 0 Å². The average Bonchev–Trinajstić information content (AvgIpc) is 2.00. The lowest BCUT2D eigenvalue weighted by molar-refractivity contribution is 0.163. The van der Waals surface area contributed by atoms with Crippen molar-refractivity contribution >= 4 is 12.2 Å². The highest BCUT2D eigenvalue weighted by Crippen LogP contribution is 2.38. The molecule has 1 saturated carbocycles. The second-order valence-corrected chi connectivity index (χ2v) is 4.22. The van der Waals surface area contributed by atoms with E-state index in [1.54, 1.807) is 6.20 Å². The third kappa shape index (κ3) is 1.35. The third-order valence-electron chi connectivity index (χ3n) is 2.84. The topological polar surface area (TPSA) is 37.8 Å². The van der Waals surface area contributed by atoms with Crippen molar-refractivity contribution in [3.63, 3.8) is 0 Å². The van der Waals surface area contributed by atoms with Gasteiger partial charge in [0.05, 0.1) is 0 Å². The van der Waals surface area contributed by atoms with Gasteiger partial charge < -0.3 is 4.57 Å². The normalized spacial score (nSPS) is 19.5. The van der Waals surface area contributed by atoms with E-state index in [0.717, 1.165) is 12.8 Å². The first kappa shape index (κ1) is 8.69. The van der Waals surface area contributed by atoms with Crippen LogP contribution in [-0.2, 0) is 5.54 Å². The van der Waals surface area contributed by atoms with Crippen LogP contribution in [0.25, 0.3) is 0 Å². The molecule has 0 aromatic carbocycles. The van der Waals surface area contributed by atoms with E-state index in [0.29, 0.717) is 4.77 Å². The van der Waals surface area contributed by atoms with E-state index in [1.807, 2.05) is 4.57 Å². The van der Waals surface area contributed by atoms with Gasteiger partial charge in [0, 0.05) is 17.8 Å². The molecule has 1 aliphatic rings. The Morgan fingerprint density at radius 2 is 2.31 bits per heavy atom. The van der Waals surface area contributed by atoms with E-state index in [1.165, 1.54) is 12.5 Å². The molecule has 1 fully saturated rings. The summed E-state index contributed by atoms with van der Waals surface area (Å²) in [4.78, 5) is 13.6. The Hall–Kier alpha value is -0.900. The summed E-state index contributed by atoms with van der Waals surface area (Å²) in [5, 5.41) is 0. The predicted octanol–water partition coefficient (Wildman–Crippen LogP) is 1.80. The zero-order valence-corrected chi connectivity index (χ0v) is 8.36. The Morgan fingerprint density at radius 1 is 1.62 bits per heavy atom. The molecule has 1 aromatic rings. The fourth-order valence-corrected chi connectivity index (χ4v) is 2.15. The van der Waals surface area contributed by atoms with Crippen molar-refractivity contribution in [3.05, 3.63) is 27.4 Å². The van der Waals surface area contributed by atoms with E-state index in [9.17, 15) is 4.79 Å². The molecule has 0 amide bonds. The lowest BCUT2D eigenvalue weighted by Crippen LogP contribution is -2.38. The summed E-state index contributed by atoms with van der Waals surface area (Å²) in [5.41, 5.74) is 0.0190. The molecule has 0 aliphatic heterocycles. The van der Waals surface area contributed by atoms with Gasteiger partial charge in [0.25, 0.3) is 5.56 Å². The molecular formula is C9H12N2OS. The minimum Gasteiger partial charge on any atom is -0.319 e. The van der Waals surface area contributed by atoms with Crippen molar-refractivity contribution in [3.8, 4) is 0 Å². The summed E-state index contributed by atoms with van der Waals surface area (Å²) >= 11 is 5.10. The van der Waals surface area contributed by atoms with Gasteiger partial charge >= 0.3 is 0 Å². The van der Waals surface area contributed by atoms with Crippen molar-refractivity contribution in [1.82, 2.24) is 9.55 Å². The largest absolute Gasteiger partial charge is 0.319 e. The Kier molecular flexibility index (Phi) is 1.87. The first-order valence-electron chi connectivity index (χ1n) is 4.44. The highest BCUT2D eigenvalue weighted by Gasteiger charge is 2.33. The van der Waals surface area contributed by atoms with Gasteiger partial charge in [-0.3, -0.25) is 9.78 Å². The predicted molar refractivity (Wildman–Crippen MR) is 53.4 cm³/mol. The van der Waals surface area contributed by atoms with Crippen molar-refractivity contribution in [1.29, 1.82) is 0 Å². The van der Waals surface area contributed by atoms with Crippen LogP contribution in [0.4, 0.5) is 0 Å². The number of hydrogen-bond donors (Lipinski definition) is 1. The molecule has 0 radical (unpaired) electrons. The molecule has 0 spiro atoms. The number of hydrogen-bond acceptors (Lipinski definition) is 2. The SMILES string of the molecule is CC1(n2ccc(=O)[nH]c2=S)CCC1. The number of nitrogens with zero attached hydrogens (tertiary/aromatic N) is 1. The Morgan fingerprint density at radius 3 is 2.77 bits per heavy atom. The second kappa shape index (κ2) is 2.80. The van der Waals surface area contributed by atoms with Crippen LogP contribution in [0.15, 0.2) is 17.1 Å². The van der Waals surface area contributed by atoms with Gasteiger partial charge in [-0.15, -0.1) is 0 Å². The highest BCUT2D eigenvalue weighted by atomic mass is 32.1. The molecule has 0 atom stereocenters. The fourth-order valence-electron chi connectivity index (χ4n) is 1.77. The van der Waals surface area contributed by atoms with Crippen LogP contribution in [0.3, 0.4) is 0 Å². The first-order valence-corrected chi connectivity index (χ1v) is 4.85. The van der Waals surface area contributed by atoms with E-state index in [2.05, 4.69) is 11.9 Å². The first-order chi connectivity index (χ1) is 6.12. The maximum absolute atomic E-state index is 10.9.